The first kappa shape index (κ1) is 10.6. The van der Waals surface area contributed by atoms with E-state index in [0.717, 1.165) is 32.5 Å². The topological polar surface area (TPSA) is 32.8 Å². The number of piperidine rings is 1. The fraction of sp³-hybridized carbons (Fsp3) is 0.889. The normalized spacial score (nSPS) is 26.9. The zero-order valence-electron chi connectivity index (χ0n) is 8.12. The van der Waals surface area contributed by atoms with E-state index in [9.17, 15) is 4.79 Å². The molecule has 0 spiro atoms. The number of nitrogens with zero attached hydrogens (tertiary/aromatic N) is 2. The number of ether oxygens (including phenoxy) is 1. The van der Waals surface area contributed by atoms with Crippen LogP contribution in [0.5, 0.6) is 0 Å². The Kier molecular flexibility index (Phi) is 3.62. The van der Waals surface area contributed by atoms with Crippen LogP contribution in [-0.4, -0.2) is 52.8 Å². The fourth-order valence-corrected chi connectivity index (χ4v) is 2.62. The van der Waals surface area contributed by atoms with Gasteiger partial charge in [-0.25, -0.2) is 3.11 Å². The number of carbonyl (C=O) groups excluding carboxylic acids is 1. The van der Waals surface area contributed by atoms with Crippen LogP contribution in [0.15, 0.2) is 0 Å². The summed E-state index contributed by atoms with van der Waals surface area (Å²) < 4.78 is 7.41. The quantitative estimate of drug-likeness (QED) is 0.527. The summed E-state index contributed by atoms with van der Waals surface area (Å²) in [6.45, 7) is 3.96. The lowest BCUT2D eigenvalue weighted by molar-refractivity contribution is -0.146. The molecule has 0 radical (unpaired) electrons. The molecule has 0 N–H and O–H groups in total. The van der Waals surface area contributed by atoms with Gasteiger partial charge >= 0.3 is 0 Å². The monoisotopic (exact) mass is 310 g/mol. The molecule has 0 bridgehead atoms. The van der Waals surface area contributed by atoms with Gasteiger partial charge in [0.25, 0.3) is 0 Å². The molecule has 14 heavy (non-hydrogen) atoms. The van der Waals surface area contributed by atoms with Crippen LogP contribution < -0.4 is 0 Å². The zero-order valence-corrected chi connectivity index (χ0v) is 10.3. The molecule has 0 atom stereocenters. The van der Waals surface area contributed by atoms with Gasteiger partial charge < -0.3 is 9.64 Å². The Morgan fingerprint density at radius 3 is 2.64 bits per heavy atom. The number of hydrogen-bond acceptors (Lipinski definition) is 3. The van der Waals surface area contributed by atoms with Crippen molar-refractivity contribution < 1.29 is 9.53 Å². The molecule has 0 saturated carbocycles. The Labute approximate surface area is 98.1 Å². The Hall–Kier alpha value is 0.120. The molecule has 2 aliphatic heterocycles. The maximum Gasteiger partial charge on any atom is 0.248 e. The van der Waals surface area contributed by atoms with Gasteiger partial charge in [0, 0.05) is 48.5 Å². The van der Waals surface area contributed by atoms with Crippen LogP contribution in [0.1, 0.15) is 12.8 Å². The second-order valence-corrected chi connectivity index (χ2v) is 5.15. The van der Waals surface area contributed by atoms with Crippen molar-refractivity contribution in [2.75, 3.05) is 32.8 Å². The van der Waals surface area contributed by atoms with Gasteiger partial charge in [-0.05, 0) is 12.8 Å². The molecule has 2 heterocycles. The predicted molar refractivity (Wildman–Crippen MR) is 61.1 cm³/mol. The Morgan fingerprint density at radius 2 is 2.00 bits per heavy atom. The third kappa shape index (κ3) is 2.38. The number of hydrogen-bond donors (Lipinski definition) is 0. The summed E-state index contributed by atoms with van der Waals surface area (Å²) >= 11 is 2.35. The highest BCUT2D eigenvalue weighted by molar-refractivity contribution is 14.1. The first-order chi connectivity index (χ1) is 6.77. The van der Waals surface area contributed by atoms with Gasteiger partial charge in [0.2, 0.25) is 5.91 Å². The summed E-state index contributed by atoms with van der Waals surface area (Å²) in [5.74, 6) is 0.170. The van der Waals surface area contributed by atoms with Crippen molar-refractivity contribution >= 4 is 28.8 Å². The lowest BCUT2D eigenvalue weighted by atomic mass is 10.0. The minimum atomic E-state index is 0.170. The second kappa shape index (κ2) is 4.76. The van der Waals surface area contributed by atoms with E-state index in [4.69, 9.17) is 4.74 Å². The van der Waals surface area contributed by atoms with Crippen molar-refractivity contribution in [2.45, 2.75) is 18.9 Å². The molecular weight excluding hydrogens is 295 g/mol. The number of carbonyl (C=O) groups is 1. The van der Waals surface area contributed by atoms with Gasteiger partial charge in [0.1, 0.15) is 6.61 Å². The van der Waals surface area contributed by atoms with E-state index in [-0.39, 0.29) is 12.5 Å². The van der Waals surface area contributed by atoms with Crippen LogP contribution in [0.2, 0.25) is 0 Å². The minimum absolute atomic E-state index is 0.170. The molecule has 0 aromatic heterocycles. The molecule has 80 valence electrons. The van der Waals surface area contributed by atoms with Crippen LogP contribution in [0.25, 0.3) is 0 Å². The lowest BCUT2D eigenvalue weighted by Gasteiger charge is -2.38. The van der Waals surface area contributed by atoms with E-state index in [0.29, 0.717) is 12.6 Å². The summed E-state index contributed by atoms with van der Waals surface area (Å²) in [5.41, 5.74) is 0. The van der Waals surface area contributed by atoms with Crippen LogP contribution in [0, 0.1) is 0 Å². The predicted octanol–water partition coefficient (Wildman–Crippen LogP) is 0.660. The Bertz CT molecular complexity index is 217. The molecule has 5 heteroatoms. The number of morpholine rings is 1. The van der Waals surface area contributed by atoms with E-state index in [1.165, 1.54) is 0 Å². The second-order valence-electron chi connectivity index (χ2n) is 3.78. The summed E-state index contributed by atoms with van der Waals surface area (Å²) in [6, 6.07) is 0.456. The van der Waals surface area contributed by atoms with E-state index >= 15 is 0 Å². The minimum Gasteiger partial charge on any atom is -0.370 e. The third-order valence-electron chi connectivity index (χ3n) is 2.87. The zero-order chi connectivity index (χ0) is 9.97. The molecule has 2 fully saturated rings. The number of amides is 1. The van der Waals surface area contributed by atoms with Crippen molar-refractivity contribution in [1.82, 2.24) is 8.01 Å². The first-order valence-electron chi connectivity index (χ1n) is 5.05. The van der Waals surface area contributed by atoms with Gasteiger partial charge in [-0.3, -0.25) is 4.79 Å². The molecule has 0 aromatic carbocycles. The van der Waals surface area contributed by atoms with Crippen LogP contribution in [-0.2, 0) is 9.53 Å². The smallest absolute Gasteiger partial charge is 0.248 e. The summed E-state index contributed by atoms with van der Waals surface area (Å²) in [7, 11) is 0. The number of halogens is 1. The highest BCUT2D eigenvalue weighted by Gasteiger charge is 2.28. The molecular formula is C9H15IN2O2. The Balaban J connectivity index is 1.90. The van der Waals surface area contributed by atoms with E-state index < -0.39 is 0 Å². The van der Waals surface area contributed by atoms with Gasteiger partial charge in [-0.1, -0.05) is 0 Å². The standard InChI is InChI=1S/C9H15IN2O2/c10-11-3-1-8(2-4-11)12-5-6-14-7-9(12)13/h8H,1-7H2. The maximum atomic E-state index is 11.6. The largest absolute Gasteiger partial charge is 0.370 e. The molecule has 2 saturated heterocycles. The summed E-state index contributed by atoms with van der Waals surface area (Å²) in [6.07, 6.45) is 2.21. The van der Waals surface area contributed by atoms with E-state index in [1.54, 1.807) is 0 Å². The van der Waals surface area contributed by atoms with Crippen molar-refractivity contribution in [2.24, 2.45) is 0 Å². The van der Waals surface area contributed by atoms with Crippen molar-refractivity contribution in [3.8, 4) is 0 Å². The van der Waals surface area contributed by atoms with Crippen LogP contribution >= 0.6 is 22.9 Å². The summed E-state index contributed by atoms with van der Waals surface area (Å²) in [4.78, 5) is 13.6. The Morgan fingerprint density at radius 1 is 1.29 bits per heavy atom. The SMILES string of the molecule is O=C1COCCN1C1CCN(I)CC1. The molecule has 2 aliphatic rings. The lowest BCUT2D eigenvalue weighted by Crippen LogP contribution is -2.50. The van der Waals surface area contributed by atoms with Crippen molar-refractivity contribution in [3.05, 3.63) is 0 Å². The molecule has 0 aliphatic carbocycles. The van der Waals surface area contributed by atoms with Crippen LogP contribution in [0.4, 0.5) is 0 Å². The van der Waals surface area contributed by atoms with E-state index in [2.05, 4.69) is 26.0 Å². The van der Waals surface area contributed by atoms with E-state index in [1.807, 2.05) is 4.90 Å². The highest BCUT2D eigenvalue weighted by atomic mass is 127. The van der Waals surface area contributed by atoms with Crippen molar-refractivity contribution in [1.29, 1.82) is 0 Å². The highest BCUT2D eigenvalue weighted by Crippen LogP contribution is 2.20. The van der Waals surface area contributed by atoms with Gasteiger partial charge in [-0.2, -0.15) is 0 Å². The molecule has 4 nitrogen and oxygen atoms in total. The van der Waals surface area contributed by atoms with Crippen molar-refractivity contribution in [3.63, 3.8) is 0 Å². The average Bonchev–Trinajstić information content (AvgIpc) is 2.20. The molecule has 2 rings (SSSR count). The maximum absolute atomic E-state index is 11.6. The van der Waals surface area contributed by atoms with Crippen LogP contribution in [0.3, 0.4) is 0 Å². The third-order valence-corrected chi connectivity index (χ3v) is 3.84. The van der Waals surface area contributed by atoms with Gasteiger partial charge in [0.15, 0.2) is 0 Å². The number of rotatable bonds is 1. The fourth-order valence-electron chi connectivity index (χ4n) is 2.06. The molecule has 0 aromatic rings. The van der Waals surface area contributed by atoms with Gasteiger partial charge in [0.05, 0.1) is 6.61 Å². The first-order valence-corrected chi connectivity index (χ1v) is 6.02. The molecule has 0 unspecified atom stereocenters. The average molecular weight is 310 g/mol. The summed E-state index contributed by atoms with van der Waals surface area (Å²) in [5, 5.41) is 0. The molecule has 1 amide bonds. The van der Waals surface area contributed by atoms with Gasteiger partial charge in [-0.15, -0.1) is 0 Å².